The van der Waals surface area contributed by atoms with Gasteiger partial charge in [-0.3, -0.25) is 0 Å². The molecule has 39 heavy (non-hydrogen) atoms. The molecule has 0 unspecified atom stereocenters. The van der Waals surface area contributed by atoms with Gasteiger partial charge in [0.25, 0.3) is 0 Å². The van der Waals surface area contributed by atoms with Crippen molar-refractivity contribution in [3.05, 3.63) is 94.6 Å². The minimum atomic E-state index is -3.58. The van der Waals surface area contributed by atoms with Crippen molar-refractivity contribution >= 4 is 27.0 Å². The normalized spacial score (nSPS) is 18.8. The number of piperidine rings is 1. The van der Waals surface area contributed by atoms with Crippen LogP contribution >= 0.6 is 11.3 Å². The topological polar surface area (TPSA) is 63.9 Å². The molecule has 1 aromatic heterocycles. The van der Waals surface area contributed by atoms with Crippen molar-refractivity contribution in [3.8, 4) is 17.0 Å². The van der Waals surface area contributed by atoms with Crippen molar-refractivity contribution in [2.24, 2.45) is 16.8 Å². The Kier molecular flexibility index (Phi) is 8.35. The highest BCUT2D eigenvalue weighted by Crippen LogP contribution is 2.29. The average Bonchev–Trinajstić information content (AvgIpc) is 3.34. The molecule has 0 bridgehead atoms. The lowest BCUT2D eigenvalue weighted by molar-refractivity contribution is 0.222. The van der Waals surface area contributed by atoms with Crippen LogP contribution < -0.4 is 9.54 Å². The van der Waals surface area contributed by atoms with E-state index in [4.69, 9.17) is 9.73 Å². The van der Waals surface area contributed by atoms with Crippen LogP contribution in [0.5, 0.6) is 5.75 Å². The van der Waals surface area contributed by atoms with E-state index in [0.29, 0.717) is 36.4 Å². The summed E-state index contributed by atoms with van der Waals surface area (Å²) in [6.45, 7) is 6.09. The fourth-order valence-electron chi connectivity index (χ4n) is 5.28. The molecule has 1 fully saturated rings. The number of nitrogens with zero attached hydrogens (tertiary/aromatic N) is 3. The Morgan fingerprint density at radius 2 is 1.67 bits per heavy atom. The molecule has 1 saturated heterocycles. The zero-order valence-electron chi connectivity index (χ0n) is 22.7. The Bertz CT molecular complexity index is 1570. The first-order chi connectivity index (χ1) is 18.8. The van der Waals surface area contributed by atoms with Crippen molar-refractivity contribution in [3.63, 3.8) is 0 Å². The first kappa shape index (κ1) is 27.4. The molecule has 8 heteroatoms. The number of hydrogen-bond donors (Lipinski definition) is 0. The Balaban J connectivity index is 1.51. The van der Waals surface area contributed by atoms with Gasteiger partial charge in [-0.25, -0.2) is 13.4 Å². The maximum atomic E-state index is 13.6. The summed E-state index contributed by atoms with van der Waals surface area (Å²) in [6, 6.07) is 25.4. The highest BCUT2D eigenvalue weighted by Gasteiger charge is 2.31. The van der Waals surface area contributed by atoms with Gasteiger partial charge in [-0.15, -0.1) is 11.3 Å². The number of hydrogen-bond acceptors (Lipinski definition) is 5. The SMILES string of the molecule is COc1ccc(CCn2c(-c3cccc(S(=O)(=O)N4C[C@H](C)C[C@@H](C)C4)c3)csc2=Nc2ccccc2)cc1. The van der Waals surface area contributed by atoms with E-state index >= 15 is 0 Å². The van der Waals surface area contributed by atoms with E-state index in [9.17, 15) is 8.42 Å². The lowest BCUT2D eigenvalue weighted by Gasteiger charge is -2.34. The molecule has 1 aliphatic heterocycles. The number of methoxy groups -OCH3 is 1. The lowest BCUT2D eigenvalue weighted by atomic mass is 9.94. The molecule has 2 atom stereocenters. The Labute approximate surface area is 235 Å². The second kappa shape index (κ2) is 11.9. The van der Waals surface area contributed by atoms with E-state index in [1.54, 1.807) is 28.8 Å². The number of benzene rings is 3. The summed E-state index contributed by atoms with van der Waals surface area (Å²) in [5.74, 6) is 1.54. The van der Waals surface area contributed by atoms with Gasteiger partial charge in [0.15, 0.2) is 4.80 Å². The summed E-state index contributed by atoms with van der Waals surface area (Å²) in [6.07, 6.45) is 1.86. The first-order valence-corrected chi connectivity index (χ1v) is 15.7. The minimum Gasteiger partial charge on any atom is -0.497 e. The second-order valence-corrected chi connectivity index (χ2v) is 13.2. The van der Waals surface area contributed by atoms with Crippen molar-refractivity contribution in [2.75, 3.05) is 20.2 Å². The van der Waals surface area contributed by atoms with Crippen LogP contribution in [0.25, 0.3) is 11.3 Å². The number of aryl methyl sites for hydroxylation is 1. The zero-order chi connectivity index (χ0) is 27.4. The molecule has 0 amide bonds. The second-order valence-electron chi connectivity index (χ2n) is 10.4. The van der Waals surface area contributed by atoms with Crippen molar-refractivity contribution in [1.82, 2.24) is 8.87 Å². The molecule has 4 aromatic rings. The number of ether oxygens (including phenoxy) is 1. The largest absolute Gasteiger partial charge is 0.497 e. The quantitative estimate of drug-likeness (QED) is 0.251. The third-order valence-corrected chi connectivity index (χ3v) is 9.86. The Hall–Kier alpha value is -3.20. The highest BCUT2D eigenvalue weighted by molar-refractivity contribution is 7.89. The van der Waals surface area contributed by atoms with Crippen LogP contribution in [0.1, 0.15) is 25.8 Å². The van der Waals surface area contributed by atoms with Crippen LogP contribution in [-0.2, 0) is 23.0 Å². The molecule has 2 heterocycles. The smallest absolute Gasteiger partial charge is 0.243 e. The van der Waals surface area contributed by atoms with Crippen LogP contribution in [0.2, 0.25) is 0 Å². The molecular weight excluding hydrogens is 526 g/mol. The summed E-state index contributed by atoms with van der Waals surface area (Å²) in [5.41, 5.74) is 3.90. The van der Waals surface area contributed by atoms with Gasteiger partial charge in [0.1, 0.15) is 5.75 Å². The lowest BCUT2D eigenvalue weighted by Crippen LogP contribution is -2.42. The fourth-order valence-corrected chi connectivity index (χ4v) is 7.96. The molecule has 0 radical (unpaired) electrons. The van der Waals surface area contributed by atoms with Crippen molar-refractivity contribution < 1.29 is 13.2 Å². The average molecular weight is 562 g/mol. The van der Waals surface area contributed by atoms with Gasteiger partial charge in [0.2, 0.25) is 10.0 Å². The molecule has 6 nitrogen and oxygen atoms in total. The molecular formula is C31H35N3O3S2. The summed E-state index contributed by atoms with van der Waals surface area (Å²) in [4.78, 5) is 6.14. The van der Waals surface area contributed by atoms with E-state index in [1.165, 1.54) is 5.56 Å². The van der Waals surface area contributed by atoms with Gasteiger partial charge in [-0.2, -0.15) is 4.31 Å². The van der Waals surface area contributed by atoms with Gasteiger partial charge in [0.05, 0.1) is 23.4 Å². The van der Waals surface area contributed by atoms with E-state index in [1.807, 2.05) is 60.7 Å². The first-order valence-electron chi connectivity index (χ1n) is 13.3. The Morgan fingerprint density at radius 1 is 0.949 bits per heavy atom. The Morgan fingerprint density at radius 3 is 2.36 bits per heavy atom. The van der Waals surface area contributed by atoms with Crippen LogP contribution in [0.15, 0.2) is 94.1 Å². The molecule has 204 valence electrons. The van der Waals surface area contributed by atoms with E-state index in [2.05, 4.69) is 35.9 Å². The van der Waals surface area contributed by atoms with Gasteiger partial charge < -0.3 is 9.30 Å². The van der Waals surface area contributed by atoms with E-state index in [0.717, 1.165) is 40.3 Å². The van der Waals surface area contributed by atoms with Crippen molar-refractivity contribution in [1.29, 1.82) is 0 Å². The summed E-state index contributed by atoms with van der Waals surface area (Å²) in [5, 5.41) is 2.08. The molecule has 5 rings (SSSR count). The number of aromatic nitrogens is 1. The maximum absolute atomic E-state index is 13.6. The number of thiazole rings is 1. The van der Waals surface area contributed by atoms with Crippen LogP contribution in [-0.4, -0.2) is 37.5 Å². The number of para-hydroxylation sites is 1. The van der Waals surface area contributed by atoms with Crippen LogP contribution in [0.4, 0.5) is 5.69 Å². The predicted molar refractivity (Wildman–Crippen MR) is 158 cm³/mol. The van der Waals surface area contributed by atoms with E-state index in [-0.39, 0.29) is 0 Å². The fraction of sp³-hybridized carbons (Fsp3) is 0.323. The predicted octanol–water partition coefficient (Wildman–Crippen LogP) is 6.37. The summed E-state index contributed by atoms with van der Waals surface area (Å²) in [7, 11) is -1.92. The minimum absolute atomic E-state index is 0.343. The van der Waals surface area contributed by atoms with E-state index < -0.39 is 10.0 Å². The zero-order valence-corrected chi connectivity index (χ0v) is 24.3. The van der Waals surface area contributed by atoms with Crippen LogP contribution in [0.3, 0.4) is 0 Å². The summed E-state index contributed by atoms with van der Waals surface area (Å²) >= 11 is 1.57. The van der Waals surface area contributed by atoms with Crippen LogP contribution in [0, 0.1) is 11.8 Å². The van der Waals surface area contributed by atoms with Crippen molar-refractivity contribution in [2.45, 2.75) is 38.1 Å². The maximum Gasteiger partial charge on any atom is 0.243 e. The van der Waals surface area contributed by atoms with Gasteiger partial charge >= 0.3 is 0 Å². The summed E-state index contributed by atoms with van der Waals surface area (Å²) < 4.78 is 36.5. The molecule has 0 saturated carbocycles. The monoisotopic (exact) mass is 561 g/mol. The van der Waals surface area contributed by atoms with Gasteiger partial charge in [-0.05, 0) is 66.6 Å². The molecule has 0 aliphatic carbocycles. The highest BCUT2D eigenvalue weighted by atomic mass is 32.2. The molecule has 1 aliphatic rings. The third kappa shape index (κ3) is 6.35. The number of sulfonamides is 1. The molecule has 0 N–H and O–H groups in total. The number of rotatable bonds is 8. The molecule has 3 aromatic carbocycles. The third-order valence-electron chi connectivity index (χ3n) is 7.16. The van der Waals surface area contributed by atoms with Gasteiger partial charge in [-0.1, -0.05) is 56.3 Å². The molecule has 0 spiro atoms. The standard InChI is InChI=1S/C31H35N3O3S2/c1-23-18-24(2)21-33(20-23)39(35,36)29-11-7-8-26(19-29)30-22-38-31(32-27-9-5-4-6-10-27)34(30)17-16-25-12-14-28(37-3)15-13-25/h4-15,19,22-24H,16-18,20-21H2,1-3H3/t23-,24-/m1/s1. The van der Waals surface area contributed by atoms with Gasteiger partial charge in [0, 0.05) is 30.6 Å².